The fraction of sp³-hybridized carbons (Fsp3) is 0.500. The molecule has 72 valence electrons. The smallest absolute Gasteiger partial charge is 0.0959 e. The molecule has 0 aliphatic carbocycles. The van der Waals surface area contributed by atoms with Crippen LogP contribution in [0.3, 0.4) is 0 Å². The molecule has 0 saturated heterocycles. The summed E-state index contributed by atoms with van der Waals surface area (Å²) >= 11 is 1.82. The number of pyridine rings is 1. The minimum absolute atomic E-state index is 0.814. The maximum absolute atomic E-state index is 5.40. The van der Waals surface area contributed by atoms with Crippen LogP contribution in [0.25, 0.3) is 0 Å². The number of nitrogens with zero attached hydrogens (tertiary/aromatic N) is 1. The van der Waals surface area contributed by atoms with Crippen LogP contribution in [0.1, 0.15) is 19.3 Å². The summed E-state index contributed by atoms with van der Waals surface area (Å²) < 4.78 is 0. The Bertz CT molecular complexity index is 213. The third kappa shape index (κ3) is 4.90. The van der Waals surface area contributed by atoms with Crippen molar-refractivity contribution in [2.45, 2.75) is 24.3 Å². The van der Waals surface area contributed by atoms with Crippen LogP contribution in [0.4, 0.5) is 0 Å². The van der Waals surface area contributed by atoms with Gasteiger partial charge >= 0.3 is 0 Å². The molecule has 0 aromatic carbocycles. The minimum Gasteiger partial charge on any atom is -0.330 e. The predicted molar refractivity (Wildman–Crippen MR) is 57.9 cm³/mol. The number of aromatic nitrogens is 1. The van der Waals surface area contributed by atoms with Gasteiger partial charge in [0, 0.05) is 6.20 Å². The van der Waals surface area contributed by atoms with Crippen molar-refractivity contribution >= 4 is 11.8 Å². The van der Waals surface area contributed by atoms with E-state index in [1.807, 2.05) is 36.2 Å². The number of nitrogens with two attached hydrogens (primary N) is 1. The van der Waals surface area contributed by atoms with Gasteiger partial charge in [-0.3, -0.25) is 0 Å². The average Bonchev–Trinajstić information content (AvgIpc) is 2.19. The van der Waals surface area contributed by atoms with Crippen molar-refractivity contribution in [2.75, 3.05) is 12.3 Å². The highest BCUT2D eigenvalue weighted by Crippen LogP contribution is 2.15. The Morgan fingerprint density at radius 2 is 2.15 bits per heavy atom. The molecule has 0 spiro atoms. The minimum atomic E-state index is 0.814. The molecule has 0 radical (unpaired) electrons. The van der Waals surface area contributed by atoms with Crippen LogP contribution < -0.4 is 5.73 Å². The van der Waals surface area contributed by atoms with Gasteiger partial charge in [0.2, 0.25) is 0 Å². The first kappa shape index (κ1) is 10.5. The van der Waals surface area contributed by atoms with Gasteiger partial charge in [-0.2, -0.15) is 0 Å². The van der Waals surface area contributed by atoms with Crippen LogP contribution in [0.15, 0.2) is 29.4 Å². The van der Waals surface area contributed by atoms with E-state index in [0.717, 1.165) is 23.7 Å². The SMILES string of the molecule is NCCCCCSc1ccccn1. The highest BCUT2D eigenvalue weighted by molar-refractivity contribution is 7.99. The Labute approximate surface area is 83.9 Å². The van der Waals surface area contributed by atoms with Gasteiger partial charge in [-0.25, -0.2) is 4.98 Å². The maximum Gasteiger partial charge on any atom is 0.0959 e. The molecular weight excluding hydrogens is 180 g/mol. The van der Waals surface area contributed by atoms with Gasteiger partial charge in [-0.05, 0) is 37.3 Å². The van der Waals surface area contributed by atoms with Gasteiger partial charge in [-0.15, -0.1) is 11.8 Å². The number of thioether (sulfide) groups is 1. The number of rotatable bonds is 6. The van der Waals surface area contributed by atoms with Crippen LogP contribution in [0, 0.1) is 0 Å². The summed E-state index contributed by atoms with van der Waals surface area (Å²) in [7, 11) is 0. The molecule has 1 rings (SSSR count). The van der Waals surface area contributed by atoms with Crippen LogP contribution in [0.2, 0.25) is 0 Å². The van der Waals surface area contributed by atoms with E-state index in [0.29, 0.717) is 0 Å². The van der Waals surface area contributed by atoms with Gasteiger partial charge in [0.1, 0.15) is 0 Å². The lowest BCUT2D eigenvalue weighted by Crippen LogP contribution is -1.97. The van der Waals surface area contributed by atoms with E-state index in [1.54, 1.807) is 0 Å². The molecule has 2 N–H and O–H groups in total. The third-order valence-electron chi connectivity index (χ3n) is 1.74. The second kappa shape index (κ2) is 6.92. The standard InChI is InChI=1S/C10H16N2S/c11-7-3-1-5-9-13-10-6-2-4-8-12-10/h2,4,6,8H,1,3,5,7,9,11H2. The first-order valence-corrected chi connectivity index (χ1v) is 5.66. The topological polar surface area (TPSA) is 38.9 Å². The van der Waals surface area contributed by atoms with E-state index < -0.39 is 0 Å². The first-order chi connectivity index (χ1) is 6.43. The van der Waals surface area contributed by atoms with Crippen LogP contribution in [-0.4, -0.2) is 17.3 Å². The van der Waals surface area contributed by atoms with Crippen molar-refractivity contribution in [2.24, 2.45) is 5.73 Å². The lowest BCUT2D eigenvalue weighted by atomic mass is 10.2. The Kier molecular flexibility index (Phi) is 5.61. The lowest BCUT2D eigenvalue weighted by Gasteiger charge is -1.99. The molecule has 3 heteroatoms. The van der Waals surface area contributed by atoms with E-state index in [1.165, 1.54) is 12.8 Å². The zero-order valence-corrected chi connectivity index (χ0v) is 8.59. The largest absolute Gasteiger partial charge is 0.330 e. The van der Waals surface area contributed by atoms with Crippen LogP contribution >= 0.6 is 11.8 Å². The average molecular weight is 196 g/mol. The normalized spacial score (nSPS) is 10.2. The molecule has 2 nitrogen and oxygen atoms in total. The second-order valence-corrected chi connectivity index (χ2v) is 3.98. The van der Waals surface area contributed by atoms with Crippen molar-refractivity contribution < 1.29 is 0 Å². The number of hydrogen-bond acceptors (Lipinski definition) is 3. The second-order valence-electron chi connectivity index (χ2n) is 2.87. The van der Waals surface area contributed by atoms with E-state index in [4.69, 9.17) is 5.73 Å². The Morgan fingerprint density at radius 3 is 2.85 bits per heavy atom. The molecular formula is C10H16N2S. The van der Waals surface area contributed by atoms with E-state index in [-0.39, 0.29) is 0 Å². The van der Waals surface area contributed by atoms with Gasteiger partial charge in [0.25, 0.3) is 0 Å². The highest BCUT2D eigenvalue weighted by atomic mass is 32.2. The third-order valence-corrected chi connectivity index (χ3v) is 2.77. The molecule has 0 fully saturated rings. The van der Waals surface area contributed by atoms with Crippen LogP contribution in [0.5, 0.6) is 0 Å². The Hall–Kier alpha value is -0.540. The molecule has 1 aromatic rings. The molecule has 0 unspecified atom stereocenters. The van der Waals surface area contributed by atoms with E-state index >= 15 is 0 Å². The van der Waals surface area contributed by atoms with Gasteiger partial charge in [0.05, 0.1) is 5.03 Å². The van der Waals surface area contributed by atoms with Gasteiger partial charge in [0.15, 0.2) is 0 Å². The fourth-order valence-corrected chi connectivity index (χ4v) is 1.90. The molecule has 0 amide bonds. The van der Waals surface area contributed by atoms with Crippen molar-refractivity contribution in [3.05, 3.63) is 24.4 Å². The molecule has 0 aliphatic rings. The van der Waals surface area contributed by atoms with Gasteiger partial charge in [-0.1, -0.05) is 12.5 Å². The van der Waals surface area contributed by atoms with Crippen molar-refractivity contribution in [3.63, 3.8) is 0 Å². The van der Waals surface area contributed by atoms with Gasteiger partial charge < -0.3 is 5.73 Å². The molecule has 13 heavy (non-hydrogen) atoms. The number of hydrogen-bond donors (Lipinski definition) is 1. The molecule has 1 heterocycles. The van der Waals surface area contributed by atoms with Crippen molar-refractivity contribution in [3.8, 4) is 0 Å². The maximum atomic E-state index is 5.40. The summed E-state index contributed by atoms with van der Waals surface area (Å²) in [6, 6.07) is 6.02. The summed E-state index contributed by atoms with van der Waals surface area (Å²) in [4.78, 5) is 4.23. The summed E-state index contributed by atoms with van der Waals surface area (Å²) in [5, 5.41) is 1.12. The monoisotopic (exact) mass is 196 g/mol. The predicted octanol–water partition coefficient (Wildman–Crippen LogP) is 2.30. The lowest BCUT2D eigenvalue weighted by molar-refractivity contribution is 0.732. The van der Waals surface area contributed by atoms with Crippen molar-refractivity contribution in [1.29, 1.82) is 0 Å². The highest BCUT2D eigenvalue weighted by Gasteiger charge is 1.93. The number of unbranched alkanes of at least 4 members (excludes halogenated alkanes) is 2. The zero-order chi connectivity index (χ0) is 9.36. The first-order valence-electron chi connectivity index (χ1n) is 4.67. The molecule has 0 aliphatic heterocycles. The quantitative estimate of drug-likeness (QED) is 0.560. The Morgan fingerprint density at radius 1 is 1.23 bits per heavy atom. The molecule has 0 saturated carbocycles. The zero-order valence-electron chi connectivity index (χ0n) is 7.78. The molecule has 0 bridgehead atoms. The van der Waals surface area contributed by atoms with Crippen molar-refractivity contribution in [1.82, 2.24) is 4.98 Å². The van der Waals surface area contributed by atoms with Crippen LogP contribution in [-0.2, 0) is 0 Å². The van der Waals surface area contributed by atoms with E-state index in [2.05, 4.69) is 4.98 Å². The Balaban J connectivity index is 2.07. The van der Waals surface area contributed by atoms with E-state index in [9.17, 15) is 0 Å². The fourth-order valence-electron chi connectivity index (χ4n) is 1.03. The molecule has 0 atom stereocenters. The summed E-state index contributed by atoms with van der Waals surface area (Å²) in [5.41, 5.74) is 5.40. The summed E-state index contributed by atoms with van der Waals surface area (Å²) in [6.45, 7) is 0.814. The summed E-state index contributed by atoms with van der Waals surface area (Å²) in [5.74, 6) is 1.15. The summed E-state index contributed by atoms with van der Waals surface area (Å²) in [6.07, 6.45) is 5.44. The molecule has 1 aromatic heterocycles.